The molecule has 1 aliphatic heterocycles. The molecule has 0 atom stereocenters. The maximum Gasteiger partial charge on any atom is 0.298 e. The van der Waals surface area contributed by atoms with E-state index >= 15 is 0 Å². The Bertz CT molecular complexity index is 873. The molecule has 0 bridgehead atoms. The van der Waals surface area contributed by atoms with Crippen LogP contribution in [0.1, 0.15) is 12.5 Å². The molecule has 2 aromatic carbocycles. The van der Waals surface area contributed by atoms with E-state index in [4.69, 9.17) is 0 Å². The number of nitrogens with one attached hydrogen (secondary N) is 1. The van der Waals surface area contributed by atoms with E-state index in [1.54, 1.807) is 42.5 Å². The van der Waals surface area contributed by atoms with Crippen molar-refractivity contribution in [2.45, 2.75) is 6.92 Å². The Morgan fingerprint density at radius 2 is 1.72 bits per heavy atom. The van der Waals surface area contributed by atoms with Gasteiger partial charge in [0.05, 0.1) is 10.6 Å². The molecule has 0 saturated carbocycles. The van der Waals surface area contributed by atoms with Gasteiger partial charge in [0, 0.05) is 12.6 Å². The molecular formula is C18H14N2O4S. The van der Waals surface area contributed by atoms with E-state index in [2.05, 4.69) is 5.32 Å². The summed E-state index contributed by atoms with van der Waals surface area (Å²) in [6.45, 7) is 1.40. The zero-order valence-electron chi connectivity index (χ0n) is 13.2. The van der Waals surface area contributed by atoms with Gasteiger partial charge in [-0.1, -0.05) is 12.1 Å². The smallest absolute Gasteiger partial charge is 0.298 e. The van der Waals surface area contributed by atoms with E-state index in [1.165, 1.54) is 19.1 Å². The second kappa shape index (κ2) is 6.82. The highest BCUT2D eigenvalue weighted by atomic mass is 32.2. The minimum atomic E-state index is -0.407. The first-order valence-electron chi connectivity index (χ1n) is 7.39. The maximum absolute atomic E-state index is 12.5. The highest BCUT2D eigenvalue weighted by Crippen LogP contribution is 2.36. The van der Waals surface area contributed by atoms with Crippen molar-refractivity contribution in [2.24, 2.45) is 0 Å². The standard InChI is InChI=1S/C18H14N2O4S/c1-11(21)19-13-4-6-14(7-5-13)20-17(23)16(25-18(20)24)10-12-2-8-15(22)9-3-12/h2-10,22H,1H3,(H,19,21)/b16-10-. The number of carbonyl (C=O) groups is 3. The molecule has 0 spiro atoms. The third kappa shape index (κ3) is 3.72. The summed E-state index contributed by atoms with van der Waals surface area (Å²) in [5, 5.41) is 11.5. The summed E-state index contributed by atoms with van der Waals surface area (Å²) in [6, 6.07) is 12.8. The van der Waals surface area contributed by atoms with Crippen LogP contribution < -0.4 is 10.2 Å². The summed E-state index contributed by atoms with van der Waals surface area (Å²) in [5.41, 5.74) is 1.73. The van der Waals surface area contributed by atoms with Crippen LogP contribution in [-0.4, -0.2) is 22.2 Å². The molecule has 25 heavy (non-hydrogen) atoms. The van der Waals surface area contributed by atoms with Gasteiger partial charge in [-0.25, -0.2) is 4.90 Å². The zero-order valence-corrected chi connectivity index (χ0v) is 14.0. The highest BCUT2D eigenvalue weighted by Gasteiger charge is 2.36. The van der Waals surface area contributed by atoms with Crippen molar-refractivity contribution in [1.29, 1.82) is 0 Å². The van der Waals surface area contributed by atoms with Crippen molar-refractivity contribution >= 4 is 46.3 Å². The summed E-state index contributed by atoms with van der Waals surface area (Å²) in [4.78, 5) is 37.2. The van der Waals surface area contributed by atoms with Crippen LogP contribution in [0.5, 0.6) is 5.75 Å². The number of benzene rings is 2. The molecule has 1 fully saturated rings. The number of phenolic OH excluding ortho intramolecular Hbond substituents is 1. The monoisotopic (exact) mass is 354 g/mol. The molecule has 6 nitrogen and oxygen atoms in total. The van der Waals surface area contributed by atoms with Crippen LogP contribution in [0.25, 0.3) is 6.08 Å². The van der Waals surface area contributed by atoms with Crippen LogP contribution in [0.2, 0.25) is 0 Å². The van der Waals surface area contributed by atoms with Crippen LogP contribution >= 0.6 is 11.8 Å². The predicted molar refractivity (Wildman–Crippen MR) is 97.3 cm³/mol. The van der Waals surface area contributed by atoms with E-state index in [0.717, 1.165) is 16.7 Å². The summed E-state index contributed by atoms with van der Waals surface area (Å²) >= 11 is 0.857. The second-order valence-electron chi connectivity index (χ2n) is 5.34. The first kappa shape index (κ1) is 16.8. The SMILES string of the molecule is CC(=O)Nc1ccc(N2C(=O)S/C(=C\c3ccc(O)cc3)C2=O)cc1. The van der Waals surface area contributed by atoms with E-state index in [1.807, 2.05) is 0 Å². The Morgan fingerprint density at radius 1 is 1.08 bits per heavy atom. The molecule has 3 amide bonds. The molecule has 1 aliphatic rings. The Labute approximate surface area is 148 Å². The molecule has 0 aliphatic carbocycles. The van der Waals surface area contributed by atoms with Gasteiger partial charge in [0.25, 0.3) is 11.1 Å². The average Bonchev–Trinajstić information content (AvgIpc) is 2.84. The van der Waals surface area contributed by atoms with Crippen molar-refractivity contribution in [3.8, 4) is 5.75 Å². The Kier molecular flexibility index (Phi) is 4.58. The van der Waals surface area contributed by atoms with Crippen LogP contribution in [0.4, 0.5) is 16.2 Å². The van der Waals surface area contributed by atoms with E-state index < -0.39 is 5.91 Å². The van der Waals surface area contributed by atoms with Gasteiger partial charge in [-0.3, -0.25) is 14.4 Å². The number of phenols is 1. The van der Waals surface area contributed by atoms with Crippen molar-refractivity contribution in [2.75, 3.05) is 10.2 Å². The Hall–Kier alpha value is -3.06. The van der Waals surface area contributed by atoms with Crippen molar-refractivity contribution in [3.63, 3.8) is 0 Å². The lowest BCUT2D eigenvalue weighted by atomic mass is 10.2. The quantitative estimate of drug-likeness (QED) is 0.823. The number of carbonyl (C=O) groups excluding carboxylic acids is 3. The number of anilines is 2. The van der Waals surface area contributed by atoms with Gasteiger partial charge in [0.2, 0.25) is 5.91 Å². The lowest BCUT2D eigenvalue weighted by Gasteiger charge is -2.13. The molecule has 1 saturated heterocycles. The third-order valence-corrected chi connectivity index (χ3v) is 4.30. The highest BCUT2D eigenvalue weighted by molar-refractivity contribution is 8.19. The third-order valence-electron chi connectivity index (χ3n) is 3.43. The molecule has 2 aromatic rings. The molecule has 7 heteroatoms. The molecule has 1 heterocycles. The number of hydrogen-bond donors (Lipinski definition) is 2. The Morgan fingerprint density at radius 3 is 2.32 bits per heavy atom. The van der Waals surface area contributed by atoms with Gasteiger partial charge >= 0.3 is 0 Å². The molecule has 0 unspecified atom stereocenters. The molecule has 0 aromatic heterocycles. The summed E-state index contributed by atoms with van der Waals surface area (Å²) in [7, 11) is 0. The van der Waals surface area contributed by atoms with Gasteiger partial charge in [0.1, 0.15) is 5.75 Å². The van der Waals surface area contributed by atoms with Crippen molar-refractivity contribution < 1.29 is 19.5 Å². The van der Waals surface area contributed by atoms with E-state index in [-0.39, 0.29) is 16.9 Å². The van der Waals surface area contributed by atoms with Crippen LogP contribution in [0.3, 0.4) is 0 Å². The summed E-state index contributed by atoms with van der Waals surface area (Å²) in [5.74, 6) is -0.476. The van der Waals surface area contributed by atoms with Gasteiger partial charge in [-0.15, -0.1) is 0 Å². The largest absolute Gasteiger partial charge is 0.508 e. The number of amides is 3. The van der Waals surface area contributed by atoms with E-state index in [0.29, 0.717) is 21.8 Å². The lowest BCUT2D eigenvalue weighted by molar-refractivity contribution is -0.114. The number of imide groups is 1. The zero-order chi connectivity index (χ0) is 18.0. The van der Waals surface area contributed by atoms with Gasteiger partial charge in [-0.05, 0) is 59.8 Å². The summed E-state index contributed by atoms with van der Waals surface area (Å²) in [6.07, 6.45) is 1.61. The minimum Gasteiger partial charge on any atom is -0.508 e. The average molecular weight is 354 g/mol. The first-order valence-corrected chi connectivity index (χ1v) is 8.20. The number of thioether (sulfide) groups is 1. The number of rotatable bonds is 3. The number of nitrogens with zero attached hydrogens (tertiary/aromatic N) is 1. The first-order chi connectivity index (χ1) is 11.9. The second-order valence-corrected chi connectivity index (χ2v) is 6.33. The molecule has 3 rings (SSSR count). The summed E-state index contributed by atoms with van der Waals surface area (Å²) < 4.78 is 0. The lowest BCUT2D eigenvalue weighted by Crippen LogP contribution is -2.27. The minimum absolute atomic E-state index is 0.129. The normalized spacial score (nSPS) is 15.7. The molecular weight excluding hydrogens is 340 g/mol. The number of hydrogen-bond acceptors (Lipinski definition) is 5. The predicted octanol–water partition coefficient (Wildman–Crippen LogP) is 3.59. The molecule has 126 valence electrons. The van der Waals surface area contributed by atoms with E-state index in [9.17, 15) is 19.5 Å². The molecule has 0 radical (unpaired) electrons. The fourth-order valence-corrected chi connectivity index (χ4v) is 3.15. The van der Waals surface area contributed by atoms with Crippen LogP contribution in [0.15, 0.2) is 53.4 Å². The fourth-order valence-electron chi connectivity index (χ4n) is 2.31. The van der Waals surface area contributed by atoms with Crippen LogP contribution in [-0.2, 0) is 9.59 Å². The van der Waals surface area contributed by atoms with Gasteiger partial charge in [0.15, 0.2) is 0 Å². The number of aromatic hydroxyl groups is 1. The maximum atomic E-state index is 12.5. The van der Waals surface area contributed by atoms with Gasteiger partial charge in [-0.2, -0.15) is 0 Å². The Balaban J connectivity index is 1.83. The van der Waals surface area contributed by atoms with Crippen LogP contribution in [0, 0.1) is 0 Å². The molecule has 2 N–H and O–H groups in total. The van der Waals surface area contributed by atoms with Crippen molar-refractivity contribution in [1.82, 2.24) is 0 Å². The topological polar surface area (TPSA) is 86.7 Å². The van der Waals surface area contributed by atoms with Gasteiger partial charge < -0.3 is 10.4 Å². The fraction of sp³-hybridized carbons (Fsp3) is 0.0556. The van der Waals surface area contributed by atoms with Crippen molar-refractivity contribution in [3.05, 3.63) is 59.0 Å².